The summed E-state index contributed by atoms with van der Waals surface area (Å²) in [6, 6.07) is 0. The molecule has 0 aromatic rings. The summed E-state index contributed by atoms with van der Waals surface area (Å²) in [5.41, 5.74) is -0.438. The smallest absolute Gasteiger partial charge is 0.154 e. The summed E-state index contributed by atoms with van der Waals surface area (Å²) in [5, 5.41) is 11.0. The fourth-order valence-electron chi connectivity index (χ4n) is 3.65. The molecule has 0 saturated carbocycles. The molecule has 0 aromatic heterocycles. The van der Waals surface area contributed by atoms with E-state index in [1.54, 1.807) is 0 Å². The van der Waals surface area contributed by atoms with E-state index in [-0.39, 0.29) is 6.29 Å². The molecule has 1 atom stereocenters. The standard InChI is InChI=1S/C16H34O.C6H14O2/c1-7-9-10-15(8-2)16(17,11-13(3)4)12-14(5)6;1-4-7-6(3)8-5-2/h13-15,17H,7-12H2,1-6H3;6H,4-5H2,1-3H3. The van der Waals surface area contributed by atoms with Gasteiger partial charge in [-0.25, -0.2) is 0 Å². The van der Waals surface area contributed by atoms with Crippen LogP contribution in [0.15, 0.2) is 0 Å². The second kappa shape index (κ2) is 16.1. The second-order valence-electron chi connectivity index (χ2n) is 8.03. The third kappa shape index (κ3) is 14.7. The van der Waals surface area contributed by atoms with Gasteiger partial charge in [-0.2, -0.15) is 0 Å². The van der Waals surface area contributed by atoms with E-state index < -0.39 is 5.60 Å². The van der Waals surface area contributed by atoms with Crippen molar-refractivity contribution in [3.8, 4) is 0 Å². The highest BCUT2D eigenvalue weighted by Gasteiger charge is 2.36. The molecule has 0 heterocycles. The lowest BCUT2D eigenvalue weighted by Gasteiger charge is -2.39. The summed E-state index contributed by atoms with van der Waals surface area (Å²) < 4.78 is 10.1. The van der Waals surface area contributed by atoms with E-state index in [1.165, 1.54) is 19.3 Å². The van der Waals surface area contributed by atoms with Crippen molar-refractivity contribution in [2.45, 2.75) is 113 Å². The Kier molecular flexibility index (Phi) is 17.4. The first-order valence-corrected chi connectivity index (χ1v) is 10.6. The van der Waals surface area contributed by atoms with Crippen LogP contribution in [0.2, 0.25) is 0 Å². The van der Waals surface area contributed by atoms with Crippen LogP contribution >= 0.6 is 0 Å². The monoisotopic (exact) mass is 360 g/mol. The molecule has 3 heteroatoms. The molecular formula is C22H48O3. The van der Waals surface area contributed by atoms with Crippen molar-refractivity contribution in [3.63, 3.8) is 0 Å². The molecule has 1 unspecified atom stereocenters. The lowest BCUT2D eigenvalue weighted by molar-refractivity contribution is -0.123. The summed E-state index contributed by atoms with van der Waals surface area (Å²) in [5.74, 6) is 1.64. The van der Waals surface area contributed by atoms with Gasteiger partial charge in [0.15, 0.2) is 6.29 Å². The van der Waals surface area contributed by atoms with Gasteiger partial charge in [0.25, 0.3) is 0 Å². The van der Waals surface area contributed by atoms with Gasteiger partial charge in [0.1, 0.15) is 0 Å². The summed E-state index contributed by atoms with van der Waals surface area (Å²) in [6.45, 7) is 20.6. The molecule has 0 amide bonds. The minimum Gasteiger partial charge on any atom is -0.390 e. The first-order valence-electron chi connectivity index (χ1n) is 10.6. The first kappa shape index (κ1) is 27.1. The average molecular weight is 361 g/mol. The highest BCUT2D eigenvalue weighted by molar-refractivity contribution is 4.87. The maximum Gasteiger partial charge on any atom is 0.154 e. The largest absolute Gasteiger partial charge is 0.390 e. The Labute approximate surface area is 158 Å². The van der Waals surface area contributed by atoms with Crippen LogP contribution < -0.4 is 0 Å². The molecule has 0 aliphatic carbocycles. The van der Waals surface area contributed by atoms with Crippen LogP contribution in [0, 0.1) is 17.8 Å². The van der Waals surface area contributed by atoms with Crippen molar-refractivity contribution in [2.75, 3.05) is 13.2 Å². The number of ether oxygens (including phenoxy) is 2. The van der Waals surface area contributed by atoms with Crippen LogP contribution in [-0.2, 0) is 9.47 Å². The van der Waals surface area contributed by atoms with Crippen molar-refractivity contribution in [1.82, 2.24) is 0 Å². The van der Waals surface area contributed by atoms with Gasteiger partial charge in [-0.05, 0) is 57.8 Å². The van der Waals surface area contributed by atoms with Gasteiger partial charge in [0.2, 0.25) is 0 Å². The van der Waals surface area contributed by atoms with Crippen molar-refractivity contribution >= 4 is 0 Å². The van der Waals surface area contributed by atoms with Crippen LogP contribution in [0.1, 0.15) is 101 Å². The Morgan fingerprint density at radius 3 is 1.52 bits per heavy atom. The quantitative estimate of drug-likeness (QED) is 0.384. The third-order valence-electron chi connectivity index (χ3n) is 4.49. The first-order chi connectivity index (χ1) is 11.7. The molecule has 0 fully saturated rings. The average Bonchev–Trinajstić information content (AvgIpc) is 2.47. The lowest BCUT2D eigenvalue weighted by Crippen LogP contribution is -2.40. The molecule has 1 N–H and O–H groups in total. The van der Waals surface area contributed by atoms with E-state index >= 15 is 0 Å². The van der Waals surface area contributed by atoms with E-state index in [0.29, 0.717) is 17.8 Å². The third-order valence-corrected chi connectivity index (χ3v) is 4.49. The van der Waals surface area contributed by atoms with E-state index in [2.05, 4.69) is 41.5 Å². The lowest BCUT2D eigenvalue weighted by atomic mass is 9.73. The van der Waals surface area contributed by atoms with Crippen molar-refractivity contribution < 1.29 is 14.6 Å². The summed E-state index contributed by atoms with van der Waals surface area (Å²) in [7, 11) is 0. The highest BCUT2D eigenvalue weighted by atomic mass is 16.7. The van der Waals surface area contributed by atoms with Crippen LogP contribution in [0.25, 0.3) is 0 Å². The second-order valence-corrected chi connectivity index (χ2v) is 8.03. The fourth-order valence-corrected chi connectivity index (χ4v) is 3.65. The molecule has 0 aromatic carbocycles. The number of rotatable bonds is 13. The Hall–Kier alpha value is -0.120. The molecular weight excluding hydrogens is 312 g/mol. The van der Waals surface area contributed by atoms with Gasteiger partial charge in [-0.3, -0.25) is 0 Å². The minimum atomic E-state index is -0.438. The van der Waals surface area contributed by atoms with Gasteiger partial charge in [0, 0.05) is 13.2 Å². The zero-order valence-electron chi connectivity index (χ0n) is 18.7. The zero-order valence-corrected chi connectivity index (χ0v) is 18.7. The topological polar surface area (TPSA) is 38.7 Å². The molecule has 0 rings (SSSR count). The summed E-state index contributed by atoms with van der Waals surface area (Å²) >= 11 is 0. The Bertz CT molecular complexity index is 260. The van der Waals surface area contributed by atoms with Gasteiger partial charge in [-0.1, -0.05) is 60.8 Å². The van der Waals surface area contributed by atoms with Crippen LogP contribution in [0.3, 0.4) is 0 Å². The number of hydrogen-bond acceptors (Lipinski definition) is 3. The molecule has 0 spiro atoms. The highest BCUT2D eigenvalue weighted by Crippen LogP contribution is 2.36. The zero-order chi connectivity index (χ0) is 19.9. The fraction of sp³-hybridized carbons (Fsp3) is 1.00. The molecule has 3 nitrogen and oxygen atoms in total. The predicted octanol–water partition coefficient (Wildman–Crippen LogP) is 6.43. The van der Waals surface area contributed by atoms with Crippen LogP contribution in [-0.4, -0.2) is 30.2 Å². The van der Waals surface area contributed by atoms with Gasteiger partial charge < -0.3 is 14.6 Å². The van der Waals surface area contributed by atoms with E-state index in [0.717, 1.165) is 32.5 Å². The normalized spacial score (nSPS) is 13.3. The molecule has 0 aliphatic rings. The van der Waals surface area contributed by atoms with Gasteiger partial charge in [-0.15, -0.1) is 0 Å². The molecule has 0 saturated heterocycles. The SMILES string of the molecule is CCCCC(CC)C(O)(CC(C)C)CC(C)C.CCOC(C)OCC. The predicted molar refractivity (Wildman–Crippen MR) is 110 cm³/mol. The molecule has 0 bridgehead atoms. The Morgan fingerprint density at radius 2 is 1.24 bits per heavy atom. The van der Waals surface area contributed by atoms with Gasteiger partial charge >= 0.3 is 0 Å². The maximum atomic E-state index is 11.0. The number of aliphatic hydroxyl groups is 1. The van der Waals surface area contributed by atoms with Crippen LogP contribution in [0.4, 0.5) is 0 Å². The van der Waals surface area contributed by atoms with Crippen molar-refractivity contribution in [3.05, 3.63) is 0 Å². The summed E-state index contributed by atoms with van der Waals surface area (Å²) in [4.78, 5) is 0. The maximum absolute atomic E-state index is 11.0. The number of hydrogen-bond donors (Lipinski definition) is 1. The summed E-state index contributed by atoms with van der Waals surface area (Å²) in [6.07, 6.45) is 6.64. The number of unbranched alkanes of at least 4 members (excludes halogenated alkanes) is 1. The Balaban J connectivity index is 0. The molecule has 0 radical (unpaired) electrons. The molecule has 25 heavy (non-hydrogen) atoms. The van der Waals surface area contributed by atoms with E-state index in [9.17, 15) is 5.11 Å². The van der Waals surface area contributed by atoms with Crippen molar-refractivity contribution in [2.24, 2.45) is 17.8 Å². The van der Waals surface area contributed by atoms with E-state index in [4.69, 9.17) is 9.47 Å². The molecule has 154 valence electrons. The minimum absolute atomic E-state index is 0.0370. The Morgan fingerprint density at radius 1 is 0.800 bits per heavy atom. The van der Waals surface area contributed by atoms with Crippen molar-refractivity contribution in [1.29, 1.82) is 0 Å². The molecule has 0 aliphatic heterocycles. The van der Waals surface area contributed by atoms with Crippen LogP contribution in [0.5, 0.6) is 0 Å². The van der Waals surface area contributed by atoms with E-state index in [1.807, 2.05) is 20.8 Å². The van der Waals surface area contributed by atoms with Gasteiger partial charge in [0.05, 0.1) is 5.60 Å².